The first-order valence-corrected chi connectivity index (χ1v) is 9.67. The van der Waals surface area contributed by atoms with Crippen LogP contribution >= 0.6 is 8.15 Å². The average molecular weight is 398 g/mol. The Kier molecular flexibility index (Phi) is 7.49. The van der Waals surface area contributed by atoms with Crippen LogP contribution in [0.1, 0.15) is 12.8 Å². The molecule has 1 aliphatic rings. The van der Waals surface area contributed by atoms with Crippen molar-refractivity contribution in [1.82, 2.24) is 0 Å². The predicted octanol–water partition coefficient (Wildman–Crippen LogP) is 2.25. The highest BCUT2D eigenvalue weighted by molar-refractivity contribution is 7.51. The molecule has 6 nitrogen and oxygen atoms in total. The lowest BCUT2D eigenvalue weighted by molar-refractivity contribution is -0.235. The van der Waals surface area contributed by atoms with Crippen LogP contribution in [0.25, 0.3) is 0 Å². The van der Waals surface area contributed by atoms with Gasteiger partial charge in [0.2, 0.25) is 6.29 Å². The number of rotatable bonds is 7. The molecule has 0 amide bonds. The van der Waals surface area contributed by atoms with Gasteiger partial charge in [-0.05, 0) is 36.8 Å². The van der Waals surface area contributed by atoms with Crippen LogP contribution in [-0.4, -0.2) is 65.3 Å². The molecule has 1 aliphatic heterocycles. The van der Waals surface area contributed by atoms with E-state index in [9.17, 15) is 28.3 Å². The van der Waals surface area contributed by atoms with E-state index in [0.29, 0.717) is 11.5 Å². The molecule has 1 saturated heterocycles. The highest BCUT2D eigenvalue weighted by Crippen LogP contribution is 2.39. The highest BCUT2D eigenvalue weighted by atomic mass is 31.1. The van der Waals surface area contributed by atoms with Crippen LogP contribution in [0, 0.1) is 0 Å². The summed E-state index contributed by atoms with van der Waals surface area (Å²) in [5, 5.41) is 20.0. The van der Waals surface area contributed by atoms with E-state index in [1.807, 2.05) is 0 Å². The van der Waals surface area contributed by atoms with Gasteiger partial charge in [-0.15, -0.1) is 0 Å². The molecule has 0 spiro atoms. The van der Waals surface area contributed by atoms with Gasteiger partial charge in [0.1, 0.15) is 17.6 Å². The van der Waals surface area contributed by atoms with Gasteiger partial charge >= 0.3 is 6.18 Å². The van der Waals surface area contributed by atoms with E-state index in [1.165, 1.54) is 7.11 Å². The number of ether oxygens (including phenoxy) is 3. The van der Waals surface area contributed by atoms with Crippen LogP contribution in [0.5, 0.6) is 11.5 Å². The summed E-state index contributed by atoms with van der Waals surface area (Å²) in [4.78, 5) is 9.52. The number of hydrogen-bond donors (Lipinski definition) is 3. The minimum Gasteiger partial charge on any atom is -0.497 e. The van der Waals surface area contributed by atoms with Gasteiger partial charge in [0.15, 0.2) is 0 Å². The standard InChI is InChI=1S/C16H22F3O6P/c1-23-10-2-4-11(5-3-10)24-15-14(21)13(20)8-12(25-15)6-7-26(22)9-16(17,18)19/h2-5,12-15,20-22H,6-9H2,1H3. The number of aliphatic hydroxyl groups excluding tert-OH is 2. The molecule has 1 aromatic rings. The Balaban J connectivity index is 1.90. The van der Waals surface area contributed by atoms with Gasteiger partial charge in [-0.3, -0.25) is 0 Å². The molecular formula is C16H22F3O6P. The van der Waals surface area contributed by atoms with Crippen molar-refractivity contribution in [2.75, 3.05) is 19.4 Å². The summed E-state index contributed by atoms with van der Waals surface area (Å²) >= 11 is 0. The predicted molar refractivity (Wildman–Crippen MR) is 88.5 cm³/mol. The Bertz CT molecular complexity index is 556. The van der Waals surface area contributed by atoms with E-state index in [-0.39, 0.29) is 19.0 Å². The number of benzene rings is 1. The van der Waals surface area contributed by atoms with Crippen molar-refractivity contribution < 1.29 is 42.5 Å². The van der Waals surface area contributed by atoms with E-state index < -0.39 is 45.1 Å². The van der Waals surface area contributed by atoms with E-state index in [4.69, 9.17) is 14.2 Å². The fraction of sp³-hybridized carbons (Fsp3) is 0.625. The Labute approximate surface area is 150 Å². The van der Waals surface area contributed by atoms with E-state index in [0.717, 1.165) is 0 Å². The molecule has 10 heteroatoms. The van der Waals surface area contributed by atoms with Gasteiger partial charge in [-0.1, -0.05) is 0 Å². The molecule has 26 heavy (non-hydrogen) atoms. The van der Waals surface area contributed by atoms with Crippen molar-refractivity contribution in [2.24, 2.45) is 0 Å². The van der Waals surface area contributed by atoms with E-state index in [2.05, 4.69) is 0 Å². The minimum atomic E-state index is -4.41. The summed E-state index contributed by atoms with van der Waals surface area (Å²) in [6.45, 7) is 0. The number of methoxy groups -OCH3 is 1. The fourth-order valence-corrected chi connectivity index (χ4v) is 3.72. The van der Waals surface area contributed by atoms with Crippen molar-refractivity contribution in [3.8, 4) is 11.5 Å². The van der Waals surface area contributed by atoms with E-state index >= 15 is 0 Å². The lowest BCUT2D eigenvalue weighted by atomic mass is 10.0. The third kappa shape index (κ3) is 6.55. The Morgan fingerprint density at radius 1 is 1.19 bits per heavy atom. The summed E-state index contributed by atoms with van der Waals surface area (Å²) in [6, 6.07) is 6.49. The summed E-state index contributed by atoms with van der Waals surface area (Å²) < 4.78 is 52.9. The van der Waals surface area contributed by atoms with E-state index in [1.54, 1.807) is 24.3 Å². The van der Waals surface area contributed by atoms with Gasteiger partial charge < -0.3 is 29.3 Å². The summed E-state index contributed by atoms with van der Waals surface area (Å²) in [5.41, 5.74) is 0. The summed E-state index contributed by atoms with van der Waals surface area (Å²) in [7, 11) is -0.677. The lowest BCUT2D eigenvalue weighted by Crippen LogP contribution is -2.51. The second kappa shape index (κ2) is 9.19. The molecule has 2 rings (SSSR count). The largest absolute Gasteiger partial charge is 0.497 e. The van der Waals surface area contributed by atoms with Crippen molar-refractivity contribution in [1.29, 1.82) is 0 Å². The zero-order valence-corrected chi connectivity index (χ0v) is 15.0. The van der Waals surface area contributed by atoms with Crippen molar-refractivity contribution >= 4 is 8.15 Å². The molecule has 148 valence electrons. The molecule has 0 aliphatic carbocycles. The fourth-order valence-electron chi connectivity index (χ4n) is 2.57. The first kappa shape index (κ1) is 21.2. The first-order valence-electron chi connectivity index (χ1n) is 8.01. The van der Waals surface area contributed by atoms with Crippen LogP contribution in [0.3, 0.4) is 0 Å². The van der Waals surface area contributed by atoms with Crippen molar-refractivity contribution in [3.05, 3.63) is 24.3 Å². The molecule has 5 atom stereocenters. The molecule has 1 fully saturated rings. The monoisotopic (exact) mass is 398 g/mol. The molecule has 1 aromatic carbocycles. The lowest BCUT2D eigenvalue weighted by Gasteiger charge is -2.37. The third-order valence-electron chi connectivity index (χ3n) is 3.89. The van der Waals surface area contributed by atoms with Crippen LogP contribution in [0.2, 0.25) is 0 Å². The molecule has 0 radical (unpaired) electrons. The Morgan fingerprint density at radius 2 is 1.81 bits per heavy atom. The first-order chi connectivity index (χ1) is 12.2. The molecule has 0 saturated carbocycles. The average Bonchev–Trinajstić information content (AvgIpc) is 2.56. The van der Waals surface area contributed by atoms with Crippen LogP contribution in [0.4, 0.5) is 13.2 Å². The molecule has 1 heterocycles. The third-order valence-corrected chi connectivity index (χ3v) is 5.38. The van der Waals surface area contributed by atoms with Gasteiger partial charge in [-0.2, -0.15) is 13.2 Å². The normalized spacial score (nSPS) is 27.8. The van der Waals surface area contributed by atoms with Crippen molar-refractivity contribution in [3.63, 3.8) is 0 Å². The molecular weight excluding hydrogens is 376 g/mol. The quantitative estimate of drug-likeness (QED) is 0.611. The number of halogens is 3. The second-order valence-corrected chi connectivity index (χ2v) is 7.78. The molecule has 5 unspecified atom stereocenters. The highest BCUT2D eigenvalue weighted by Gasteiger charge is 2.39. The maximum Gasteiger partial charge on any atom is 0.395 e. The number of alkyl halides is 3. The topological polar surface area (TPSA) is 88.4 Å². The zero-order chi connectivity index (χ0) is 19.3. The summed E-state index contributed by atoms with van der Waals surface area (Å²) in [5.74, 6) is 0.991. The van der Waals surface area contributed by atoms with Gasteiger partial charge in [0.25, 0.3) is 0 Å². The SMILES string of the molecule is COc1ccc(OC2OC(CCP(O)CC(F)(F)F)CC(O)C2O)cc1. The Morgan fingerprint density at radius 3 is 2.38 bits per heavy atom. The maximum absolute atomic E-state index is 12.3. The zero-order valence-electron chi connectivity index (χ0n) is 14.1. The number of hydrogen-bond acceptors (Lipinski definition) is 6. The van der Waals surface area contributed by atoms with Gasteiger partial charge in [-0.25, -0.2) is 0 Å². The van der Waals surface area contributed by atoms with Crippen molar-refractivity contribution in [2.45, 2.75) is 43.6 Å². The summed E-state index contributed by atoms with van der Waals surface area (Å²) in [6.07, 6.45) is -9.74. The van der Waals surface area contributed by atoms with Gasteiger partial charge in [0, 0.05) is 14.6 Å². The maximum atomic E-state index is 12.3. The second-order valence-electron chi connectivity index (χ2n) is 6.01. The Hall–Kier alpha value is -1.12. The smallest absolute Gasteiger partial charge is 0.395 e. The number of aliphatic hydroxyl groups is 2. The van der Waals surface area contributed by atoms with Gasteiger partial charge in [0.05, 0.1) is 25.5 Å². The molecule has 0 aromatic heterocycles. The van der Waals surface area contributed by atoms with Crippen LogP contribution in [-0.2, 0) is 4.74 Å². The molecule has 0 bridgehead atoms. The minimum absolute atomic E-state index is 0.0544. The molecule has 3 N–H and O–H groups in total. The van der Waals surface area contributed by atoms with Crippen LogP contribution < -0.4 is 9.47 Å². The van der Waals surface area contributed by atoms with Crippen LogP contribution in [0.15, 0.2) is 24.3 Å².